The van der Waals surface area contributed by atoms with Crippen LogP contribution in [-0.2, 0) is 0 Å². The zero-order valence-corrected chi connectivity index (χ0v) is 9.83. The third kappa shape index (κ3) is 2.20. The van der Waals surface area contributed by atoms with E-state index in [0.29, 0.717) is 18.0 Å². The Hall–Kier alpha value is -0.890. The van der Waals surface area contributed by atoms with Gasteiger partial charge in [0.15, 0.2) is 0 Å². The topological polar surface area (TPSA) is 24.9 Å². The van der Waals surface area contributed by atoms with Crippen molar-refractivity contribution < 1.29 is 0 Å². The van der Waals surface area contributed by atoms with Gasteiger partial charge in [-0.3, -0.25) is 4.98 Å². The molecule has 1 aromatic heterocycles. The van der Waals surface area contributed by atoms with Gasteiger partial charge < -0.3 is 5.32 Å². The Morgan fingerprint density at radius 3 is 2.87 bits per heavy atom. The highest BCUT2D eigenvalue weighted by atomic mass is 15.0. The van der Waals surface area contributed by atoms with Crippen LogP contribution in [0.25, 0.3) is 0 Å². The van der Waals surface area contributed by atoms with Gasteiger partial charge in [-0.15, -0.1) is 0 Å². The van der Waals surface area contributed by atoms with Crippen molar-refractivity contribution in [3.8, 4) is 0 Å². The van der Waals surface area contributed by atoms with Gasteiger partial charge >= 0.3 is 0 Å². The smallest absolute Gasteiger partial charge is 0.0372 e. The molecule has 1 saturated heterocycles. The Bertz CT molecular complexity index is 318. The van der Waals surface area contributed by atoms with Crippen LogP contribution in [0.2, 0.25) is 0 Å². The fourth-order valence-electron chi connectivity index (χ4n) is 2.56. The molecule has 1 aromatic rings. The second kappa shape index (κ2) is 4.31. The lowest BCUT2D eigenvalue weighted by atomic mass is 9.91. The number of hydrogen-bond acceptors (Lipinski definition) is 2. The maximum Gasteiger partial charge on any atom is 0.0372 e. The van der Waals surface area contributed by atoms with Crippen LogP contribution in [0.15, 0.2) is 18.3 Å². The fourth-order valence-corrected chi connectivity index (χ4v) is 2.56. The Kier molecular flexibility index (Phi) is 3.06. The van der Waals surface area contributed by atoms with Gasteiger partial charge in [0, 0.05) is 29.9 Å². The highest BCUT2D eigenvalue weighted by molar-refractivity contribution is 5.21. The monoisotopic (exact) mass is 204 g/mol. The molecule has 1 aliphatic rings. The van der Waals surface area contributed by atoms with Crippen molar-refractivity contribution >= 4 is 0 Å². The van der Waals surface area contributed by atoms with Crippen molar-refractivity contribution in [1.29, 1.82) is 0 Å². The number of nitrogens with one attached hydrogen (secondary N) is 1. The number of aryl methyl sites for hydroxylation is 1. The zero-order chi connectivity index (χ0) is 10.8. The number of rotatable bonds is 2. The highest BCUT2D eigenvalue weighted by Gasteiger charge is 2.31. The van der Waals surface area contributed by atoms with E-state index in [-0.39, 0.29) is 0 Å². The van der Waals surface area contributed by atoms with Crippen LogP contribution < -0.4 is 5.32 Å². The van der Waals surface area contributed by atoms with E-state index in [1.165, 1.54) is 18.4 Å². The summed E-state index contributed by atoms with van der Waals surface area (Å²) in [6.07, 6.45) is 4.48. The predicted molar refractivity (Wildman–Crippen MR) is 63.0 cm³/mol. The summed E-state index contributed by atoms with van der Waals surface area (Å²) in [5.41, 5.74) is 2.50. The van der Waals surface area contributed by atoms with Gasteiger partial charge in [0.25, 0.3) is 0 Å². The molecule has 82 valence electrons. The van der Waals surface area contributed by atoms with Gasteiger partial charge in [0.1, 0.15) is 0 Å². The highest BCUT2D eigenvalue weighted by Crippen LogP contribution is 2.31. The third-order valence-electron chi connectivity index (χ3n) is 3.39. The molecule has 0 saturated carbocycles. The van der Waals surface area contributed by atoms with Gasteiger partial charge in [-0.05, 0) is 38.3 Å². The lowest BCUT2D eigenvalue weighted by molar-refractivity contribution is 0.516. The van der Waals surface area contributed by atoms with Gasteiger partial charge in [0.05, 0.1) is 0 Å². The van der Waals surface area contributed by atoms with E-state index < -0.39 is 0 Å². The molecule has 3 unspecified atom stereocenters. The van der Waals surface area contributed by atoms with Crippen LogP contribution in [-0.4, -0.2) is 17.1 Å². The molecule has 3 atom stereocenters. The zero-order valence-electron chi connectivity index (χ0n) is 9.83. The standard InChI is InChI=1S/C13H20N2/c1-4-13-12(7-10(3)15-13)11-6-5-9(2)14-8-11/h5-6,8,10,12-13,15H,4,7H2,1-3H3. The van der Waals surface area contributed by atoms with Gasteiger partial charge in [-0.25, -0.2) is 0 Å². The molecule has 15 heavy (non-hydrogen) atoms. The molecule has 2 nitrogen and oxygen atoms in total. The van der Waals surface area contributed by atoms with E-state index in [4.69, 9.17) is 0 Å². The second-order valence-electron chi connectivity index (χ2n) is 4.66. The van der Waals surface area contributed by atoms with Crippen molar-refractivity contribution in [3.05, 3.63) is 29.6 Å². The van der Waals surface area contributed by atoms with Gasteiger partial charge in [-0.2, -0.15) is 0 Å². The van der Waals surface area contributed by atoms with Crippen molar-refractivity contribution in [1.82, 2.24) is 10.3 Å². The normalized spacial score (nSPS) is 30.7. The quantitative estimate of drug-likeness (QED) is 0.801. The molecule has 0 spiro atoms. The van der Waals surface area contributed by atoms with Crippen LogP contribution in [0, 0.1) is 6.92 Å². The molecule has 1 fully saturated rings. The summed E-state index contributed by atoms with van der Waals surface area (Å²) in [6.45, 7) is 6.56. The summed E-state index contributed by atoms with van der Waals surface area (Å²) in [5.74, 6) is 0.651. The van der Waals surface area contributed by atoms with E-state index in [1.54, 1.807) is 0 Å². The minimum atomic E-state index is 0.629. The van der Waals surface area contributed by atoms with Crippen LogP contribution in [0.1, 0.15) is 43.9 Å². The molecule has 1 N–H and O–H groups in total. The van der Waals surface area contributed by atoms with Crippen LogP contribution in [0.4, 0.5) is 0 Å². The number of pyridine rings is 1. The maximum atomic E-state index is 4.39. The first-order valence-corrected chi connectivity index (χ1v) is 5.89. The van der Waals surface area contributed by atoms with Gasteiger partial charge in [-0.1, -0.05) is 13.0 Å². The summed E-state index contributed by atoms with van der Waals surface area (Å²) < 4.78 is 0. The molecule has 2 heteroatoms. The Balaban J connectivity index is 2.19. The first kappa shape index (κ1) is 10.6. The molecule has 0 aromatic carbocycles. The molecular formula is C13H20N2. The summed E-state index contributed by atoms with van der Waals surface area (Å²) in [4.78, 5) is 4.39. The third-order valence-corrected chi connectivity index (χ3v) is 3.39. The number of hydrogen-bond donors (Lipinski definition) is 1. The van der Waals surface area contributed by atoms with Gasteiger partial charge in [0.2, 0.25) is 0 Å². The Morgan fingerprint density at radius 1 is 1.47 bits per heavy atom. The first-order valence-electron chi connectivity index (χ1n) is 5.89. The second-order valence-corrected chi connectivity index (χ2v) is 4.66. The number of aromatic nitrogens is 1. The summed E-state index contributed by atoms with van der Waals surface area (Å²) in [7, 11) is 0. The molecule has 0 aliphatic carbocycles. The van der Waals surface area contributed by atoms with Crippen molar-refractivity contribution in [3.63, 3.8) is 0 Å². The molecular weight excluding hydrogens is 184 g/mol. The summed E-state index contributed by atoms with van der Waals surface area (Å²) >= 11 is 0. The average Bonchev–Trinajstić information content (AvgIpc) is 2.61. The van der Waals surface area contributed by atoms with Crippen molar-refractivity contribution in [2.24, 2.45) is 0 Å². The largest absolute Gasteiger partial charge is 0.311 e. The Morgan fingerprint density at radius 2 is 2.27 bits per heavy atom. The Labute approximate surface area is 92.1 Å². The van der Waals surface area contributed by atoms with E-state index in [1.807, 2.05) is 13.1 Å². The minimum Gasteiger partial charge on any atom is -0.311 e. The minimum absolute atomic E-state index is 0.629. The fraction of sp³-hybridized carbons (Fsp3) is 0.615. The van der Waals surface area contributed by atoms with E-state index in [9.17, 15) is 0 Å². The molecule has 2 rings (SSSR count). The molecule has 0 bridgehead atoms. The lowest BCUT2D eigenvalue weighted by Crippen LogP contribution is -2.28. The molecule has 0 radical (unpaired) electrons. The van der Waals surface area contributed by atoms with Crippen molar-refractivity contribution in [2.45, 2.75) is 51.6 Å². The van der Waals surface area contributed by atoms with Crippen LogP contribution >= 0.6 is 0 Å². The lowest BCUT2D eigenvalue weighted by Gasteiger charge is -2.17. The SMILES string of the molecule is CCC1NC(C)CC1c1ccc(C)nc1. The van der Waals surface area contributed by atoms with E-state index in [0.717, 1.165) is 5.69 Å². The molecule has 0 amide bonds. The maximum absolute atomic E-state index is 4.39. The first-order chi connectivity index (χ1) is 7.20. The molecule has 1 aliphatic heterocycles. The van der Waals surface area contributed by atoms with E-state index in [2.05, 4.69) is 36.3 Å². The van der Waals surface area contributed by atoms with Crippen molar-refractivity contribution in [2.75, 3.05) is 0 Å². The van der Waals surface area contributed by atoms with Crippen LogP contribution in [0.5, 0.6) is 0 Å². The van der Waals surface area contributed by atoms with Crippen LogP contribution in [0.3, 0.4) is 0 Å². The average molecular weight is 204 g/mol. The number of nitrogens with zero attached hydrogens (tertiary/aromatic N) is 1. The summed E-state index contributed by atoms with van der Waals surface area (Å²) in [5, 5.41) is 3.64. The molecule has 2 heterocycles. The predicted octanol–water partition coefficient (Wildman–Crippen LogP) is 2.63. The summed E-state index contributed by atoms with van der Waals surface area (Å²) in [6, 6.07) is 5.62. The van der Waals surface area contributed by atoms with E-state index >= 15 is 0 Å².